The average Bonchev–Trinajstić information content (AvgIpc) is 2.32. The molecule has 1 aromatic carbocycles. The highest BCUT2D eigenvalue weighted by atomic mass is 79.9. The molecule has 98 valence electrons. The predicted molar refractivity (Wildman–Crippen MR) is 77.5 cm³/mol. The van der Waals surface area contributed by atoms with Crippen LogP contribution >= 0.6 is 15.9 Å². The zero-order valence-electron chi connectivity index (χ0n) is 10.8. The number of nitrogen functional groups attached to an aromatic ring is 1. The molecule has 0 spiro atoms. The fraction of sp³-hybridized carbons (Fsp3) is 0.500. The number of anilines is 1. The normalized spacial score (nSPS) is 24.1. The molecule has 3 nitrogen and oxygen atoms in total. The van der Waals surface area contributed by atoms with Crippen LogP contribution in [0.4, 0.5) is 5.69 Å². The Kier molecular flexibility index (Phi) is 3.95. The number of nitrogens with two attached hydrogens (primary N) is 1. The van der Waals surface area contributed by atoms with Crippen molar-refractivity contribution in [2.75, 3.05) is 5.73 Å². The fourth-order valence-corrected chi connectivity index (χ4v) is 3.11. The van der Waals surface area contributed by atoms with Gasteiger partial charge in [-0.05, 0) is 61.2 Å². The van der Waals surface area contributed by atoms with Crippen LogP contribution in [0.1, 0.15) is 43.5 Å². The van der Waals surface area contributed by atoms with Crippen LogP contribution in [0.3, 0.4) is 0 Å². The van der Waals surface area contributed by atoms with Gasteiger partial charge in [-0.1, -0.05) is 6.07 Å². The van der Waals surface area contributed by atoms with Crippen molar-refractivity contribution < 1.29 is 4.79 Å². The number of halogens is 1. The molecule has 0 radical (unpaired) electrons. The Morgan fingerprint density at radius 3 is 2.56 bits per heavy atom. The Hall–Kier alpha value is -1.03. The van der Waals surface area contributed by atoms with Gasteiger partial charge in [0, 0.05) is 17.8 Å². The number of piperidine rings is 1. The summed E-state index contributed by atoms with van der Waals surface area (Å²) < 4.78 is 0.708. The number of likely N-dealkylation sites (tertiary alicyclic amines) is 1. The third kappa shape index (κ3) is 2.39. The molecule has 2 rings (SSSR count). The minimum absolute atomic E-state index is 0.0777. The van der Waals surface area contributed by atoms with Gasteiger partial charge in [-0.15, -0.1) is 0 Å². The van der Waals surface area contributed by atoms with Gasteiger partial charge in [-0.2, -0.15) is 0 Å². The van der Waals surface area contributed by atoms with E-state index in [0.717, 1.165) is 12.8 Å². The summed E-state index contributed by atoms with van der Waals surface area (Å²) in [7, 11) is 0. The van der Waals surface area contributed by atoms with Gasteiger partial charge in [0.1, 0.15) is 0 Å². The van der Waals surface area contributed by atoms with E-state index in [1.807, 2.05) is 17.0 Å². The first-order valence-electron chi connectivity index (χ1n) is 6.39. The average molecular weight is 311 g/mol. The van der Waals surface area contributed by atoms with Gasteiger partial charge in [0.15, 0.2) is 0 Å². The Labute approximate surface area is 116 Å². The molecule has 1 aliphatic heterocycles. The number of amides is 1. The maximum Gasteiger partial charge on any atom is 0.255 e. The number of carbonyl (C=O) groups excluding carboxylic acids is 1. The molecule has 1 aromatic rings. The molecular weight excluding hydrogens is 292 g/mol. The van der Waals surface area contributed by atoms with Crippen LogP contribution in [-0.2, 0) is 0 Å². The van der Waals surface area contributed by atoms with Gasteiger partial charge in [-0.25, -0.2) is 0 Å². The van der Waals surface area contributed by atoms with Crippen LogP contribution in [0.25, 0.3) is 0 Å². The van der Waals surface area contributed by atoms with E-state index in [4.69, 9.17) is 5.73 Å². The van der Waals surface area contributed by atoms with E-state index < -0.39 is 0 Å². The van der Waals surface area contributed by atoms with Crippen molar-refractivity contribution in [3.63, 3.8) is 0 Å². The molecule has 2 atom stereocenters. The van der Waals surface area contributed by atoms with Crippen LogP contribution in [0.5, 0.6) is 0 Å². The maximum atomic E-state index is 12.6. The second-order valence-electron chi connectivity index (χ2n) is 5.05. The van der Waals surface area contributed by atoms with Crippen molar-refractivity contribution in [3.05, 3.63) is 28.2 Å². The molecule has 1 heterocycles. The summed E-state index contributed by atoms with van der Waals surface area (Å²) in [5, 5.41) is 0. The van der Waals surface area contributed by atoms with Crippen molar-refractivity contribution in [2.24, 2.45) is 0 Å². The lowest BCUT2D eigenvalue weighted by Gasteiger charge is -2.39. The molecule has 1 saturated heterocycles. The van der Waals surface area contributed by atoms with E-state index in [9.17, 15) is 4.79 Å². The number of benzene rings is 1. The molecule has 0 aliphatic carbocycles. The van der Waals surface area contributed by atoms with Crippen LogP contribution in [-0.4, -0.2) is 22.9 Å². The molecular formula is C14H19BrN2O. The minimum Gasteiger partial charge on any atom is -0.398 e. The van der Waals surface area contributed by atoms with E-state index in [2.05, 4.69) is 29.8 Å². The molecule has 1 amide bonds. The first-order valence-corrected chi connectivity index (χ1v) is 7.18. The lowest BCUT2D eigenvalue weighted by Crippen LogP contribution is -2.47. The Morgan fingerprint density at radius 1 is 1.33 bits per heavy atom. The second kappa shape index (κ2) is 5.31. The molecule has 0 aromatic heterocycles. The van der Waals surface area contributed by atoms with Crippen LogP contribution in [0.15, 0.2) is 22.7 Å². The third-order valence-electron chi connectivity index (χ3n) is 3.69. The minimum atomic E-state index is 0.0777. The topological polar surface area (TPSA) is 46.3 Å². The molecule has 18 heavy (non-hydrogen) atoms. The summed E-state index contributed by atoms with van der Waals surface area (Å²) in [6.07, 6.45) is 3.36. The highest BCUT2D eigenvalue weighted by molar-refractivity contribution is 9.10. The Morgan fingerprint density at radius 2 is 1.94 bits per heavy atom. The van der Waals surface area contributed by atoms with E-state index in [1.54, 1.807) is 6.07 Å². The number of rotatable bonds is 1. The van der Waals surface area contributed by atoms with Crippen molar-refractivity contribution >= 4 is 27.5 Å². The number of carbonyl (C=O) groups is 1. The van der Waals surface area contributed by atoms with E-state index in [-0.39, 0.29) is 5.91 Å². The molecule has 1 fully saturated rings. The van der Waals surface area contributed by atoms with E-state index in [1.165, 1.54) is 6.42 Å². The molecule has 0 saturated carbocycles. The zero-order chi connectivity index (χ0) is 13.3. The van der Waals surface area contributed by atoms with Gasteiger partial charge in [0.05, 0.1) is 10.0 Å². The Bertz CT molecular complexity index is 451. The second-order valence-corrected chi connectivity index (χ2v) is 5.84. The summed E-state index contributed by atoms with van der Waals surface area (Å²) in [6.45, 7) is 4.24. The lowest BCUT2D eigenvalue weighted by molar-refractivity contribution is 0.0510. The van der Waals surface area contributed by atoms with Gasteiger partial charge < -0.3 is 10.6 Å². The number of nitrogens with zero attached hydrogens (tertiary/aromatic N) is 1. The smallest absolute Gasteiger partial charge is 0.255 e. The van der Waals surface area contributed by atoms with Crippen molar-refractivity contribution in [1.82, 2.24) is 4.90 Å². The third-order valence-corrected chi connectivity index (χ3v) is 4.57. The summed E-state index contributed by atoms with van der Waals surface area (Å²) in [5.41, 5.74) is 7.11. The van der Waals surface area contributed by atoms with E-state index >= 15 is 0 Å². The maximum absolute atomic E-state index is 12.6. The predicted octanol–water partition coefficient (Wildman–Crippen LogP) is 3.43. The van der Waals surface area contributed by atoms with Crippen molar-refractivity contribution in [2.45, 2.75) is 45.2 Å². The molecule has 1 aliphatic rings. The molecule has 0 unspecified atom stereocenters. The van der Waals surface area contributed by atoms with Crippen LogP contribution < -0.4 is 5.73 Å². The monoisotopic (exact) mass is 310 g/mol. The molecule has 0 bridgehead atoms. The van der Waals surface area contributed by atoms with E-state index in [0.29, 0.717) is 27.8 Å². The first kappa shape index (κ1) is 13.4. The Balaban J connectivity index is 2.32. The first-order chi connectivity index (χ1) is 8.52. The van der Waals surface area contributed by atoms with Crippen LogP contribution in [0, 0.1) is 0 Å². The van der Waals surface area contributed by atoms with Crippen molar-refractivity contribution in [1.29, 1.82) is 0 Å². The van der Waals surface area contributed by atoms with Crippen LogP contribution in [0.2, 0.25) is 0 Å². The lowest BCUT2D eigenvalue weighted by atomic mass is 9.96. The number of hydrogen-bond acceptors (Lipinski definition) is 2. The molecule has 4 heteroatoms. The zero-order valence-corrected chi connectivity index (χ0v) is 12.4. The number of hydrogen-bond donors (Lipinski definition) is 1. The highest BCUT2D eigenvalue weighted by Gasteiger charge is 2.30. The van der Waals surface area contributed by atoms with Gasteiger partial charge in [0.2, 0.25) is 0 Å². The summed E-state index contributed by atoms with van der Waals surface area (Å²) >= 11 is 3.41. The summed E-state index contributed by atoms with van der Waals surface area (Å²) in [4.78, 5) is 14.6. The fourth-order valence-electron chi connectivity index (χ4n) is 2.68. The summed E-state index contributed by atoms with van der Waals surface area (Å²) in [6, 6.07) is 6.05. The standard InChI is InChI=1S/C14H19BrN2O/c1-9-5-3-6-10(2)17(9)14(18)11-7-4-8-12(16)13(11)15/h4,7-10H,3,5-6,16H2,1-2H3/t9-,10+. The highest BCUT2D eigenvalue weighted by Crippen LogP contribution is 2.29. The van der Waals surface area contributed by atoms with Crippen molar-refractivity contribution in [3.8, 4) is 0 Å². The summed E-state index contributed by atoms with van der Waals surface area (Å²) in [5.74, 6) is 0.0777. The SMILES string of the molecule is C[C@@H]1CCC[C@H](C)N1C(=O)c1cccc(N)c1Br. The van der Waals surface area contributed by atoms with Gasteiger partial charge in [-0.3, -0.25) is 4.79 Å². The quantitative estimate of drug-likeness (QED) is 0.808. The van der Waals surface area contributed by atoms with Gasteiger partial charge in [0.25, 0.3) is 5.91 Å². The molecule has 2 N–H and O–H groups in total. The largest absolute Gasteiger partial charge is 0.398 e. The van der Waals surface area contributed by atoms with Gasteiger partial charge >= 0.3 is 0 Å².